The number of hydrogen-bond acceptors (Lipinski definition) is 7. The number of rotatable bonds is 5. The quantitative estimate of drug-likeness (QED) is 0.380. The van der Waals surface area contributed by atoms with E-state index in [1.54, 1.807) is 0 Å². The fraction of sp³-hybridized carbons (Fsp3) is 0.133. The summed E-state index contributed by atoms with van der Waals surface area (Å²) < 4.78 is 4.94. The number of benzene rings is 1. The van der Waals surface area contributed by atoms with Gasteiger partial charge in [-0.1, -0.05) is 0 Å². The van der Waals surface area contributed by atoms with Gasteiger partial charge in [0.2, 0.25) is 0 Å². The second kappa shape index (κ2) is 7.25. The van der Waals surface area contributed by atoms with E-state index < -0.39 is 16.8 Å². The van der Waals surface area contributed by atoms with Crippen LogP contribution in [0.5, 0.6) is 0 Å². The van der Waals surface area contributed by atoms with E-state index in [0.29, 0.717) is 4.76 Å². The molecule has 1 N–H and O–H groups in total. The number of aromatic nitrogens is 1. The average molecular weight is 345 g/mol. The Morgan fingerprint density at radius 3 is 2.32 bits per heavy atom. The Bertz CT molecular complexity index is 831. The second-order valence-electron chi connectivity index (χ2n) is 4.87. The molecule has 2 rings (SSSR count). The summed E-state index contributed by atoms with van der Waals surface area (Å²) in [4.78, 5) is 49.1. The number of anilines is 1. The van der Waals surface area contributed by atoms with Gasteiger partial charge < -0.3 is 10.1 Å². The molecule has 0 saturated heterocycles. The zero-order valence-electron chi connectivity index (χ0n) is 13.3. The van der Waals surface area contributed by atoms with Crippen molar-refractivity contribution in [3.63, 3.8) is 0 Å². The number of nitrogens with zero attached hydrogens (tertiary/aromatic N) is 3. The number of amides is 1. The van der Waals surface area contributed by atoms with E-state index in [2.05, 4.69) is 15.0 Å². The summed E-state index contributed by atoms with van der Waals surface area (Å²) in [6, 6.07) is 6.11. The SMILES string of the molecule is COC(=O)c1ccc(NC(=O)c2cc([N+](C)=O)cc([N+](=O)[O-])c2)nc1. The molecule has 1 aromatic carbocycles. The van der Waals surface area contributed by atoms with E-state index in [1.165, 1.54) is 31.5 Å². The van der Waals surface area contributed by atoms with Crippen LogP contribution >= 0.6 is 0 Å². The number of non-ortho nitro benzene ring substituents is 1. The maximum Gasteiger partial charge on any atom is 0.339 e. The zero-order valence-corrected chi connectivity index (χ0v) is 13.3. The minimum absolute atomic E-state index is 0.0339. The van der Waals surface area contributed by atoms with Crippen molar-refractivity contribution < 1.29 is 24.0 Å². The fourth-order valence-corrected chi connectivity index (χ4v) is 1.91. The molecule has 0 radical (unpaired) electrons. The van der Waals surface area contributed by atoms with Crippen LogP contribution in [0.25, 0.3) is 0 Å². The van der Waals surface area contributed by atoms with Gasteiger partial charge in [-0.3, -0.25) is 14.9 Å². The number of esters is 1. The van der Waals surface area contributed by atoms with Crippen molar-refractivity contribution >= 4 is 29.1 Å². The Morgan fingerprint density at radius 2 is 1.80 bits per heavy atom. The number of ether oxygens (including phenoxy) is 1. The van der Waals surface area contributed by atoms with Crippen molar-refractivity contribution in [2.24, 2.45) is 0 Å². The van der Waals surface area contributed by atoms with Crippen LogP contribution in [-0.4, -0.2) is 40.7 Å². The summed E-state index contributed by atoms with van der Waals surface area (Å²) in [6.45, 7) is 0. The number of pyridine rings is 1. The van der Waals surface area contributed by atoms with Gasteiger partial charge in [-0.25, -0.2) is 9.78 Å². The van der Waals surface area contributed by atoms with Crippen molar-refractivity contribution in [1.82, 2.24) is 4.98 Å². The summed E-state index contributed by atoms with van der Waals surface area (Å²) in [6.07, 6.45) is 1.21. The van der Waals surface area contributed by atoms with Crippen molar-refractivity contribution in [3.8, 4) is 0 Å². The van der Waals surface area contributed by atoms with Gasteiger partial charge in [0.25, 0.3) is 17.3 Å². The molecule has 1 heterocycles. The largest absolute Gasteiger partial charge is 0.465 e. The minimum atomic E-state index is -0.701. The monoisotopic (exact) mass is 345 g/mol. The number of carbonyl (C=O) groups is 2. The van der Waals surface area contributed by atoms with Crippen LogP contribution in [0.1, 0.15) is 20.7 Å². The lowest BCUT2D eigenvalue weighted by molar-refractivity contribution is -0.430. The molecule has 2 aromatic rings. The highest BCUT2D eigenvalue weighted by Gasteiger charge is 2.20. The minimum Gasteiger partial charge on any atom is -0.465 e. The zero-order chi connectivity index (χ0) is 18.6. The van der Waals surface area contributed by atoms with Gasteiger partial charge in [-0.15, -0.1) is 0 Å². The second-order valence-corrected chi connectivity index (χ2v) is 4.87. The maximum atomic E-state index is 12.3. The van der Waals surface area contributed by atoms with Crippen LogP contribution < -0.4 is 5.32 Å². The molecule has 25 heavy (non-hydrogen) atoms. The normalized spacial score (nSPS) is 10.0. The lowest BCUT2D eigenvalue weighted by Gasteiger charge is -2.05. The van der Waals surface area contributed by atoms with Gasteiger partial charge in [0.05, 0.1) is 29.2 Å². The van der Waals surface area contributed by atoms with Crippen molar-refractivity contribution in [2.75, 3.05) is 19.5 Å². The van der Waals surface area contributed by atoms with Gasteiger partial charge in [-0.05, 0) is 12.1 Å². The lowest BCUT2D eigenvalue weighted by Crippen LogP contribution is -2.14. The number of nitroso groups, excluding NO2 is 1. The summed E-state index contributed by atoms with van der Waals surface area (Å²) in [7, 11) is 2.39. The number of nitro groups is 1. The molecule has 0 aliphatic rings. The van der Waals surface area contributed by atoms with Crippen LogP contribution in [0, 0.1) is 15.0 Å². The summed E-state index contributed by atoms with van der Waals surface area (Å²) in [5.74, 6) is -1.14. The molecule has 10 nitrogen and oxygen atoms in total. The molecule has 1 aromatic heterocycles. The first kappa shape index (κ1) is 17.7. The molecule has 0 atom stereocenters. The average Bonchev–Trinajstić information content (AvgIpc) is 2.61. The van der Waals surface area contributed by atoms with Gasteiger partial charge in [0, 0.05) is 28.0 Å². The Morgan fingerprint density at radius 1 is 1.12 bits per heavy atom. The highest BCUT2D eigenvalue weighted by molar-refractivity contribution is 6.04. The van der Waals surface area contributed by atoms with Gasteiger partial charge in [0.1, 0.15) is 5.82 Å². The number of hydrogen-bond donors (Lipinski definition) is 1. The third-order valence-corrected chi connectivity index (χ3v) is 3.17. The standard InChI is InChI=1S/C15H12N4O6/c1-18(22)11-5-10(6-12(7-11)19(23)24)14(20)17-13-4-3-9(8-16-13)15(21)25-2/h3-8H,1-2H3/p+1. The molecule has 0 aliphatic carbocycles. The van der Waals surface area contributed by atoms with Gasteiger partial charge in [0.15, 0.2) is 7.05 Å². The van der Waals surface area contributed by atoms with Gasteiger partial charge >= 0.3 is 5.97 Å². The van der Waals surface area contributed by atoms with E-state index in [-0.39, 0.29) is 28.3 Å². The van der Waals surface area contributed by atoms with Crippen LogP contribution in [0.3, 0.4) is 0 Å². The first-order valence-electron chi connectivity index (χ1n) is 6.88. The lowest BCUT2D eigenvalue weighted by atomic mass is 10.1. The number of methoxy groups -OCH3 is 1. The number of nitrogens with one attached hydrogen (secondary N) is 1. The van der Waals surface area contributed by atoms with Crippen LogP contribution in [0.2, 0.25) is 0 Å². The highest BCUT2D eigenvalue weighted by Crippen LogP contribution is 2.23. The molecular formula is C15H13N4O6+. The molecule has 0 bridgehead atoms. The van der Waals surface area contributed by atoms with Crippen LogP contribution in [0.4, 0.5) is 17.2 Å². The van der Waals surface area contributed by atoms with E-state index in [9.17, 15) is 24.6 Å². The maximum absolute atomic E-state index is 12.3. The molecule has 0 saturated carbocycles. The fourth-order valence-electron chi connectivity index (χ4n) is 1.91. The van der Waals surface area contributed by atoms with E-state index >= 15 is 0 Å². The molecular weight excluding hydrogens is 332 g/mol. The Kier molecular flexibility index (Phi) is 5.12. The molecule has 0 unspecified atom stereocenters. The van der Waals surface area contributed by atoms with E-state index in [1.807, 2.05) is 0 Å². The van der Waals surface area contributed by atoms with E-state index in [0.717, 1.165) is 19.2 Å². The third kappa shape index (κ3) is 4.19. The third-order valence-electron chi connectivity index (χ3n) is 3.17. The number of nitro benzene ring substituents is 1. The molecule has 1 amide bonds. The number of carbonyl (C=O) groups excluding carboxylic acids is 2. The Labute approximate surface area is 141 Å². The predicted octanol–water partition coefficient (Wildman–Crippen LogP) is 2.07. The summed E-state index contributed by atoms with van der Waals surface area (Å²) in [5, 5.41) is 13.4. The Balaban J connectivity index is 2.27. The molecule has 128 valence electrons. The summed E-state index contributed by atoms with van der Waals surface area (Å²) in [5.41, 5.74) is -0.301. The smallest absolute Gasteiger partial charge is 0.339 e. The molecule has 0 fully saturated rings. The predicted molar refractivity (Wildman–Crippen MR) is 85.8 cm³/mol. The van der Waals surface area contributed by atoms with Crippen LogP contribution in [-0.2, 0) is 4.74 Å². The van der Waals surface area contributed by atoms with E-state index in [4.69, 9.17) is 0 Å². The first-order valence-corrected chi connectivity index (χ1v) is 6.88. The Hall–Kier alpha value is -3.69. The van der Waals surface area contributed by atoms with Crippen molar-refractivity contribution in [3.05, 3.63) is 62.7 Å². The molecule has 0 spiro atoms. The highest BCUT2D eigenvalue weighted by atomic mass is 16.6. The van der Waals surface area contributed by atoms with Crippen molar-refractivity contribution in [2.45, 2.75) is 0 Å². The topological polar surface area (TPSA) is 132 Å². The van der Waals surface area contributed by atoms with Crippen LogP contribution in [0.15, 0.2) is 36.5 Å². The van der Waals surface area contributed by atoms with Gasteiger partial charge in [-0.2, -0.15) is 0 Å². The summed E-state index contributed by atoms with van der Waals surface area (Å²) >= 11 is 0. The van der Waals surface area contributed by atoms with Crippen molar-refractivity contribution in [1.29, 1.82) is 0 Å². The molecule has 0 aliphatic heterocycles. The first-order chi connectivity index (χ1) is 11.8. The molecule has 10 heteroatoms.